The normalized spacial score (nSPS) is 14.9. The van der Waals surface area contributed by atoms with E-state index in [1.807, 2.05) is 6.07 Å². The molecule has 1 saturated carbocycles. The zero-order valence-electron chi connectivity index (χ0n) is 18.4. The number of fused-ring (bicyclic) bond motifs is 1. The van der Waals surface area contributed by atoms with E-state index in [0.29, 0.717) is 5.89 Å². The number of oxazole rings is 1. The van der Waals surface area contributed by atoms with Crippen molar-refractivity contribution in [2.75, 3.05) is 20.2 Å². The first-order valence-electron chi connectivity index (χ1n) is 11.1. The largest absolute Gasteiger partial charge is 0.495 e. The van der Waals surface area contributed by atoms with E-state index in [1.165, 1.54) is 32.1 Å². The van der Waals surface area contributed by atoms with Crippen molar-refractivity contribution in [3.8, 4) is 17.2 Å². The highest BCUT2D eigenvalue weighted by atomic mass is 35.5. The third-order valence-electron chi connectivity index (χ3n) is 6.32. The molecule has 4 rings (SSSR count). The van der Waals surface area contributed by atoms with E-state index >= 15 is 0 Å². The van der Waals surface area contributed by atoms with Gasteiger partial charge in [0, 0.05) is 24.7 Å². The molecule has 0 radical (unpaired) electrons. The van der Waals surface area contributed by atoms with E-state index in [4.69, 9.17) is 14.1 Å². The number of rotatable bonds is 8. The second-order valence-corrected chi connectivity index (χ2v) is 8.16. The van der Waals surface area contributed by atoms with Crippen molar-refractivity contribution in [2.24, 2.45) is 5.92 Å². The van der Waals surface area contributed by atoms with Gasteiger partial charge in [0.25, 0.3) is 0 Å². The van der Waals surface area contributed by atoms with Crippen LogP contribution in [0.1, 0.15) is 51.6 Å². The van der Waals surface area contributed by atoms with Gasteiger partial charge < -0.3 is 13.7 Å². The van der Waals surface area contributed by atoms with Crippen LogP contribution in [0.3, 0.4) is 0 Å². The molecule has 1 aliphatic carbocycles. The molecule has 0 atom stereocenters. The molecule has 0 bridgehead atoms. The van der Waals surface area contributed by atoms with Gasteiger partial charge in [0.2, 0.25) is 5.89 Å². The summed E-state index contributed by atoms with van der Waals surface area (Å²) in [5.74, 6) is 2.35. The molecule has 1 fully saturated rings. The first kappa shape index (κ1) is 22.7. The SMILES string of the molecule is CCN(CC)Cc1coc(-c2cn(CC3CCCCC3)c3c(OC)cccc23)n1.Cl. The maximum atomic E-state index is 5.93. The molecule has 0 saturated heterocycles. The molecule has 6 heteroatoms. The minimum absolute atomic E-state index is 0. The summed E-state index contributed by atoms with van der Waals surface area (Å²) in [4.78, 5) is 7.16. The Morgan fingerprint density at radius 3 is 2.63 bits per heavy atom. The van der Waals surface area contributed by atoms with Gasteiger partial charge in [0.05, 0.1) is 23.9 Å². The van der Waals surface area contributed by atoms with E-state index in [0.717, 1.165) is 60.0 Å². The Balaban J connectivity index is 0.00000256. The van der Waals surface area contributed by atoms with Crippen LogP contribution >= 0.6 is 12.4 Å². The smallest absolute Gasteiger partial charge is 0.228 e. The Morgan fingerprint density at radius 2 is 1.93 bits per heavy atom. The first-order valence-corrected chi connectivity index (χ1v) is 11.1. The fourth-order valence-corrected chi connectivity index (χ4v) is 4.63. The third kappa shape index (κ3) is 4.68. The van der Waals surface area contributed by atoms with Crippen molar-refractivity contribution in [2.45, 2.75) is 59.0 Å². The van der Waals surface area contributed by atoms with Crippen LogP contribution in [0.25, 0.3) is 22.4 Å². The summed E-state index contributed by atoms with van der Waals surface area (Å²) < 4.78 is 14.0. The van der Waals surface area contributed by atoms with Gasteiger partial charge in [0.1, 0.15) is 12.0 Å². The number of aromatic nitrogens is 2. The first-order chi connectivity index (χ1) is 14.2. The van der Waals surface area contributed by atoms with Crippen LogP contribution in [0.5, 0.6) is 5.75 Å². The van der Waals surface area contributed by atoms with Crippen molar-refractivity contribution in [3.05, 3.63) is 36.4 Å². The number of ether oxygens (including phenoxy) is 1. The summed E-state index contributed by atoms with van der Waals surface area (Å²) in [7, 11) is 1.75. The fraction of sp³-hybridized carbons (Fsp3) is 0.542. The lowest BCUT2D eigenvalue weighted by Gasteiger charge is -2.22. The van der Waals surface area contributed by atoms with Gasteiger partial charge in [-0.2, -0.15) is 0 Å². The number of methoxy groups -OCH3 is 1. The molecule has 1 aliphatic rings. The predicted molar refractivity (Wildman–Crippen MR) is 124 cm³/mol. The molecule has 0 amide bonds. The summed E-state index contributed by atoms with van der Waals surface area (Å²) in [6, 6.07) is 6.25. The quantitative estimate of drug-likeness (QED) is 0.429. The number of benzene rings is 1. The molecular formula is C24H34ClN3O2. The Bertz CT molecular complexity index is 939. The highest BCUT2D eigenvalue weighted by molar-refractivity contribution is 5.97. The standard InChI is InChI=1S/C24H33N3O2.ClH/c1-4-26(5-2)15-19-17-29-24(25-19)21-16-27(14-18-10-7-6-8-11-18)23-20(21)12-9-13-22(23)28-3;/h9,12-13,16-18H,4-8,10-11,14-15H2,1-3H3;1H. The van der Waals surface area contributed by atoms with Crippen molar-refractivity contribution >= 4 is 23.3 Å². The van der Waals surface area contributed by atoms with Crippen LogP contribution in [-0.4, -0.2) is 34.7 Å². The van der Waals surface area contributed by atoms with E-state index in [1.54, 1.807) is 13.4 Å². The number of nitrogens with zero attached hydrogens (tertiary/aromatic N) is 3. The molecule has 5 nitrogen and oxygen atoms in total. The number of para-hydroxylation sites is 1. The van der Waals surface area contributed by atoms with Crippen LogP contribution in [0.4, 0.5) is 0 Å². The molecule has 0 aliphatic heterocycles. The summed E-state index contributed by atoms with van der Waals surface area (Å²) >= 11 is 0. The molecule has 30 heavy (non-hydrogen) atoms. The second kappa shape index (κ2) is 10.4. The Morgan fingerprint density at radius 1 is 1.17 bits per heavy atom. The molecule has 164 valence electrons. The van der Waals surface area contributed by atoms with E-state index in [2.05, 4.69) is 41.6 Å². The van der Waals surface area contributed by atoms with Crippen molar-refractivity contribution < 1.29 is 9.15 Å². The van der Waals surface area contributed by atoms with Gasteiger partial charge in [-0.05, 0) is 37.9 Å². The third-order valence-corrected chi connectivity index (χ3v) is 6.32. The zero-order valence-corrected chi connectivity index (χ0v) is 19.2. The lowest BCUT2D eigenvalue weighted by atomic mass is 9.89. The van der Waals surface area contributed by atoms with Gasteiger partial charge in [-0.3, -0.25) is 4.90 Å². The van der Waals surface area contributed by atoms with E-state index in [9.17, 15) is 0 Å². The lowest BCUT2D eigenvalue weighted by Crippen LogP contribution is -2.22. The Labute approximate surface area is 185 Å². The monoisotopic (exact) mass is 431 g/mol. The van der Waals surface area contributed by atoms with Gasteiger partial charge in [-0.15, -0.1) is 12.4 Å². The van der Waals surface area contributed by atoms with Crippen LogP contribution in [0.2, 0.25) is 0 Å². The van der Waals surface area contributed by atoms with Crippen LogP contribution in [0, 0.1) is 5.92 Å². The maximum Gasteiger partial charge on any atom is 0.228 e. The van der Waals surface area contributed by atoms with Gasteiger partial charge >= 0.3 is 0 Å². The van der Waals surface area contributed by atoms with Gasteiger partial charge in [-0.25, -0.2) is 4.98 Å². The van der Waals surface area contributed by atoms with E-state index in [-0.39, 0.29) is 12.4 Å². The number of hydrogen-bond donors (Lipinski definition) is 0. The number of hydrogen-bond acceptors (Lipinski definition) is 4. The second-order valence-electron chi connectivity index (χ2n) is 8.16. The highest BCUT2D eigenvalue weighted by Gasteiger charge is 2.21. The summed E-state index contributed by atoms with van der Waals surface area (Å²) in [5.41, 5.74) is 3.19. The van der Waals surface area contributed by atoms with Crippen LogP contribution in [0.15, 0.2) is 35.1 Å². The molecule has 1 aromatic carbocycles. The van der Waals surface area contributed by atoms with Crippen LogP contribution < -0.4 is 4.74 Å². The van der Waals surface area contributed by atoms with Crippen LogP contribution in [-0.2, 0) is 13.1 Å². The Hall–Kier alpha value is -1.98. The molecule has 0 spiro atoms. The molecule has 2 heterocycles. The maximum absolute atomic E-state index is 5.93. The average Bonchev–Trinajstić information content (AvgIpc) is 3.37. The minimum Gasteiger partial charge on any atom is -0.495 e. The van der Waals surface area contributed by atoms with E-state index < -0.39 is 0 Å². The minimum atomic E-state index is 0. The average molecular weight is 432 g/mol. The fourth-order valence-electron chi connectivity index (χ4n) is 4.63. The molecule has 0 N–H and O–H groups in total. The topological polar surface area (TPSA) is 43.4 Å². The van der Waals surface area contributed by atoms with Crippen molar-refractivity contribution in [3.63, 3.8) is 0 Å². The van der Waals surface area contributed by atoms with Gasteiger partial charge in [0.15, 0.2) is 0 Å². The lowest BCUT2D eigenvalue weighted by molar-refractivity contribution is 0.292. The highest BCUT2D eigenvalue weighted by Crippen LogP contribution is 2.37. The molecular weight excluding hydrogens is 398 g/mol. The predicted octanol–water partition coefficient (Wildman–Crippen LogP) is 6.15. The van der Waals surface area contributed by atoms with Crippen molar-refractivity contribution in [1.29, 1.82) is 0 Å². The number of halogens is 1. The van der Waals surface area contributed by atoms with Gasteiger partial charge in [-0.1, -0.05) is 45.2 Å². The van der Waals surface area contributed by atoms with Crippen molar-refractivity contribution in [1.82, 2.24) is 14.5 Å². The summed E-state index contributed by atoms with van der Waals surface area (Å²) in [5, 5.41) is 1.15. The zero-order chi connectivity index (χ0) is 20.2. The molecule has 2 aromatic heterocycles. The summed E-state index contributed by atoms with van der Waals surface area (Å²) in [6.07, 6.45) is 10.7. The Kier molecular flexibility index (Phi) is 7.84. The molecule has 3 aromatic rings. The summed E-state index contributed by atoms with van der Waals surface area (Å²) in [6.45, 7) is 8.23. The molecule has 0 unspecified atom stereocenters.